The average Bonchev–Trinajstić information content (AvgIpc) is 2.63. The van der Waals surface area contributed by atoms with E-state index in [-0.39, 0.29) is 17.5 Å². The maximum Gasteiger partial charge on any atom is 0.416 e. The van der Waals surface area contributed by atoms with Crippen LogP contribution in [0.25, 0.3) is 0 Å². The lowest BCUT2D eigenvalue weighted by Crippen LogP contribution is -2.57. The molecule has 2 heterocycles. The van der Waals surface area contributed by atoms with Crippen LogP contribution in [0.4, 0.5) is 17.6 Å². The third kappa shape index (κ3) is 4.21. The third-order valence-electron chi connectivity index (χ3n) is 5.47. The Labute approximate surface area is 169 Å². The standard InChI is InChI=1S/C21H19F4NO4/c22-15-2-4-18(21(23,24)25)13(5-15)10-29-17-3-1-12-6-16(11-30-19(12)7-17)26-8-14(9-26)20(27)28/h1-5,7,14,16H,6,8-11H2,(H,27,28). The van der Waals surface area contributed by atoms with Crippen LogP contribution in [0.15, 0.2) is 36.4 Å². The van der Waals surface area contributed by atoms with E-state index in [0.29, 0.717) is 43.7 Å². The highest BCUT2D eigenvalue weighted by Gasteiger charge is 2.38. The van der Waals surface area contributed by atoms with E-state index in [1.807, 2.05) is 0 Å². The van der Waals surface area contributed by atoms with Crippen LogP contribution in [-0.2, 0) is 24.0 Å². The Balaban J connectivity index is 1.41. The van der Waals surface area contributed by atoms with Crippen molar-refractivity contribution in [2.45, 2.75) is 25.2 Å². The fourth-order valence-electron chi connectivity index (χ4n) is 3.75. The van der Waals surface area contributed by atoms with Gasteiger partial charge in [0.25, 0.3) is 0 Å². The van der Waals surface area contributed by atoms with Crippen molar-refractivity contribution in [2.24, 2.45) is 5.92 Å². The number of hydrogen-bond acceptors (Lipinski definition) is 4. The number of carboxylic acids is 1. The monoisotopic (exact) mass is 425 g/mol. The summed E-state index contributed by atoms with van der Waals surface area (Å²) in [6.45, 7) is 0.952. The molecule has 30 heavy (non-hydrogen) atoms. The summed E-state index contributed by atoms with van der Waals surface area (Å²) < 4.78 is 64.0. The lowest BCUT2D eigenvalue weighted by atomic mass is 9.93. The van der Waals surface area contributed by atoms with Crippen molar-refractivity contribution in [1.82, 2.24) is 4.90 Å². The molecular formula is C21H19F4NO4. The van der Waals surface area contributed by atoms with Crippen molar-refractivity contribution in [1.29, 1.82) is 0 Å². The molecule has 0 amide bonds. The smallest absolute Gasteiger partial charge is 0.416 e. The summed E-state index contributed by atoms with van der Waals surface area (Å²) in [5, 5.41) is 8.99. The maximum atomic E-state index is 13.4. The van der Waals surface area contributed by atoms with E-state index in [1.54, 1.807) is 18.2 Å². The number of hydrogen-bond donors (Lipinski definition) is 1. The molecule has 1 N–H and O–H groups in total. The quantitative estimate of drug-likeness (QED) is 0.740. The van der Waals surface area contributed by atoms with Crippen molar-refractivity contribution < 1.29 is 36.9 Å². The molecule has 2 aromatic carbocycles. The highest BCUT2D eigenvalue weighted by atomic mass is 19.4. The highest BCUT2D eigenvalue weighted by Crippen LogP contribution is 2.35. The molecule has 1 fully saturated rings. The minimum Gasteiger partial charge on any atom is -0.492 e. The van der Waals surface area contributed by atoms with Crippen molar-refractivity contribution in [3.63, 3.8) is 0 Å². The van der Waals surface area contributed by atoms with Gasteiger partial charge in [0.15, 0.2) is 0 Å². The molecule has 0 aromatic heterocycles. The normalized spacial score (nSPS) is 19.5. The lowest BCUT2D eigenvalue weighted by molar-refractivity contribution is -0.149. The fraction of sp³-hybridized carbons (Fsp3) is 0.381. The van der Waals surface area contributed by atoms with Crippen LogP contribution in [0.5, 0.6) is 11.5 Å². The van der Waals surface area contributed by atoms with E-state index < -0.39 is 30.1 Å². The van der Waals surface area contributed by atoms with Gasteiger partial charge >= 0.3 is 12.1 Å². The summed E-state index contributed by atoms with van der Waals surface area (Å²) in [5.41, 5.74) is -0.304. The largest absolute Gasteiger partial charge is 0.492 e. The lowest BCUT2D eigenvalue weighted by Gasteiger charge is -2.43. The number of aliphatic carboxylic acids is 1. The van der Waals surface area contributed by atoms with Gasteiger partial charge in [-0.2, -0.15) is 13.2 Å². The molecule has 1 unspecified atom stereocenters. The summed E-state index contributed by atoms with van der Waals surface area (Å²) in [6, 6.07) is 7.39. The van der Waals surface area contributed by atoms with Gasteiger partial charge < -0.3 is 14.6 Å². The fourth-order valence-corrected chi connectivity index (χ4v) is 3.75. The second-order valence-electron chi connectivity index (χ2n) is 7.52. The molecule has 0 bridgehead atoms. The summed E-state index contributed by atoms with van der Waals surface area (Å²) in [4.78, 5) is 13.0. The van der Waals surface area contributed by atoms with E-state index in [0.717, 1.165) is 17.7 Å². The Kier molecular flexibility index (Phi) is 5.31. The molecule has 160 valence electrons. The molecule has 2 aliphatic heterocycles. The van der Waals surface area contributed by atoms with Gasteiger partial charge in [0.2, 0.25) is 0 Å². The number of carbonyl (C=O) groups is 1. The Bertz CT molecular complexity index is 957. The van der Waals surface area contributed by atoms with Gasteiger partial charge in [0, 0.05) is 30.8 Å². The molecule has 0 spiro atoms. The predicted octanol–water partition coefficient (Wildman–Crippen LogP) is 3.74. The Hall–Kier alpha value is -2.81. The maximum absolute atomic E-state index is 13.4. The van der Waals surface area contributed by atoms with Crippen molar-refractivity contribution >= 4 is 5.97 Å². The Morgan fingerprint density at radius 1 is 1.20 bits per heavy atom. The molecule has 1 saturated heterocycles. The van der Waals surface area contributed by atoms with Crippen LogP contribution in [0.2, 0.25) is 0 Å². The molecule has 2 aliphatic rings. The second kappa shape index (κ2) is 7.79. The van der Waals surface area contributed by atoms with Crippen molar-refractivity contribution in [3.05, 3.63) is 58.9 Å². The molecule has 5 nitrogen and oxygen atoms in total. The van der Waals surface area contributed by atoms with Gasteiger partial charge in [-0.25, -0.2) is 4.39 Å². The Morgan fingerprint density at radius 2 is 1.97 bits per heavy atom. The molecule has 0 radical (unpaired) electrons. The van der Waals surface area contributed by atoms with Gasteiger partial charge in [-0.3, -0.25) is 9.69 Å². The molecule has 9 heteroatoms. The van der Waals surface area contributed by atoms with Crippen LogP contribution in [-0.4, -0.2) is 41.7 Å². The first-order valence-electron chi connectivity index (χ1n) is 9.41. The predicted molar refractivity (Wildman–Crippen MR) is 97.9 cm³/mol. The van der Waals surface area contributed by atoms with Crippen LogP contribution < -0.4 is 9.47 Å². The first-order valence-corrected chi connectivity index (χ1v) is 9.41. The minimum atomic E-state index is -4.60. The van der Waals surface area contributed by atoms with Crippen LogP contribution in [0.1, 0.15) is 16.7 Å². The zero-order valence-corrected chi connectivity index (χ0v) is 15.8. The molecule has 0 saturated carbocycles. The zero-order chi connectivity index (χ0) is 21.5. The number of benzene rings is 2. The summed E-state index contributed by atoms with van der Waals surface area (Å²) in [7, 11) is 0. The van der Waals surface area contributed by atoms with Crippen molar-refractivity contribution in [2.75, 3.05) is 19.7 Å². The first kappa shape index (κ1) is 20.5. The van der Waals surface area contributed by atoms with Crippen LogP contribution in [0.3, 0.4) is 0 Å². The van der Waals surface area contributed by atoms with E-state index in [1.165, 1.54) is 0 Å². The van der Waals surface area contributed by atoms with Gasteiger partial charge in [0.05, 0.1) is 11.5 Å². The van der Waals surface area contributed by atoms with Crippen LogP contribution in [0, 0.1) is 11.7 Å². The number of fused-ring (bicyclic) bond motifs is 1. The molecule has 2 aromatic rings. The van der Waals surface area contributed by atoms with Gasteiger partial charge in [-0.05, 0) is 36.2 Å². The second-order valence-corrected chi connectivity index (χ2v) is 7.52. The summed E-state index contributed by atoms with van der Waals surface area (Å²) in [6.07, 6.45) is -3.92. The van der Waals surface area contributed by atoms with Crippen LogP contribution >= 0.6 is 0 Å². The highest BCUT2D eigenvalue weighted by molar-refractivity contribution is 5.71. The number of alkyl halides is 3. The number of halogens is 4. The van der Waals surface area contributed by atoms with Gasteiger partial charge in [-0.15, -0.1) is 0 Å². The molecule has 0 aliphatic carbocycles. The minimum absolute atomic E-state index is 0.0847. The number of carboxylic acid groups (broad SMARTS) is 1. The van der Waals surface area contributed by atoms with E-state index in [4.69, 9.17) is 14.6 Å². The van der Waals surface area contributed by atoms with Crippen molar-refractivity contribution in [3.8, 4) is 11.5 Å². The molecule has 1 atom stereocenters. The zero-order valence-electron chi connectivity index (χ0n) is 15.8. The third-order valence-corrected chi connectivity index (χ3v) is 5.47. The average molecular weight is 425 g/mol. The Morgan fingerprint density at radius 3 is 2.67 bits per heavy atom. The topological polar surface area (TPSA) is 59.0 Å². The van der Waals surface area contributed by atoms with E-state index >= 15 is 0 Å². The first-order chi connectivity index (χ1) is 14.2. The summed E-state index contributed by atoms with van der Waals surface area (Å²) in [5.74, 6) is -1.00. The number of rotatable bonds is 5. The van der Waals surface area contributed by atoms with Gasteiger partial charge in [-0.1, -0.05) is 6.07 Å². The SMILES string of the molecule is O=C(O)C1CN(C2COc3cc(OCc4cc(F)ccc4C(F)(F)F)ccc3C2)C1. The number of ether oxygens (including phenoxy) is 2. The number of likely N-dealkylation sites (tertiary alicyclic amines) is 1. The molecular weight excluding hydrogens is 406 g/mol. The summed E-state index contributed by atoms with van der Waals surface area (Å²) >= 11 is 0. The van der Waals surface area contributed by atoms with E-state index in [2.05, 4.69) is 4.90 Å². The van der Waals surface area contributed by atoms with E-state index in [9.17, 15) is 22.4 Å². The number of nitrogens with zero attached hydrogens (tertiary/aromatic N) is 1. The molecule has 4 rings (SSSR count). The van der Waals surface area contributed by atoms with Gasteiger partial charge in [0.1, 0.15) is 30.5 Å².